The van der Waals surface area contributed by atoms with Gasteiger partial charge in [0.05, 0.1) is 5.69 Å². The summed E-state index contributed by atoms with van der Waals surface area (Å²) >= 11 is 0. The molecule has 1 N–H and O–H groups in total. The van der Waals surface area contributed by atoms with Crippen LogP contribution in [0, 0.1) is 6.92 Å². The van der Waals surface area contributed by atoms with Crippen molar-refractivity contribution in [3.8, 4) is 0 Å². The molecule has 1 unspecified atom stereocenters. The van der Waals surface area contributed by atoms with Crippen molar-refractivity contribution < 1.29 is 0 Å². The molecule has 1 aromatic heterocycles. The predicted molar refractivity (Wildman–Crippen MR) is 80.2 cm³/mol. The van der Waals surface area contributed by atoms with Crippen molar-refractivity contribution in [1.82, 2.24) is 15.2 Å². The van der Waals surface area contributed by atoms with Crippen molar-refractivity contribution in [2.75, 3.05) is 19.6 Å². The lowest BCUT2D eigenvalue weighted by Crippen LogP contribution is -2.43. The molecule has 3 nitrogen and oxygen atoms in total. The van der Waals surface area contributed by atoms with E-state index in [0.29, 0.717) is 6.04 Å². The van der Waals surface area contributed by atoms with Gasteiger partial charge in [-0.2, -0.15) is 0 Å². The Morgan fingerprint density at radius 1 is 1.37 bits per heavy atom. The van der Waals surface area contributed by atoms with Gasteiger partial charge >= 0.3 is 0 Å². The maximum atomic E-state index is 4.63. The van der Waals surface area contributed by atoms with E-state index in [4.69, 9.17) is 0 Å². The van der Waals surface area contributed by atoms with Crippen molar-refractivity contribution in [3.05, 3.63) is 29.6 Å². The minimum Gasteiger partial charge on any atom is -0.313 e. The van der Waals surface area contributed by atoms with E-state index in [1.807, 2.05) is 0 Å². The van der Waals surface area contributed by atoms with Crippen LogP contribution in [0.15, 0.2) is 18.2 Å². The Hall–Kier alpha value is -0.930. The Morgan fingerprint density at radius 2 is 2.26 bits per heavy atom. The smallest absolute Gasteiger partial charge is 0.0547 e. The van der Waals surface area contributed by atoms with Crippen LogP contribution >= 0.6 is 0 Å². The van der Waals surface area contributed by atoms with Gasteiger partial charge in [-0.15, -0.1) is 0 Å². The molecule has 1 aromatic rings. The number of piperidine rings is 1. The number of hydrogen-bond donors (Lipinski definition) is 1. The molecule has 1 atom stereocenters. The molecule has 1 saturated heterocycles. The SMILES string of the molecule is CCCN(Cc1cccc(C)n1)CC1CCCCN1. The molecular formula is C16H27N3. The van der Waals surface area contributed by atoms with Gasteiger partial charge in [-0.3, -0.25) is 9.88 Å². The van der Waals surface area contributed by atoms with Gasteiger partial charge in [0.2, 0.25) is 0 Å². The van der Waals surface area contributed by atoms with E-state index in [9.17, 15) is 0 Å². The van der Waals surface area contributed by atoms with Crippen LogP contribution in [0.25, 0.3) is 0 Å². The Bertz CT molecular complexity index is 372. The number of pyridine rings is 1. The number of rotatable bonds is 6. The van der Waals surface area contributed by atoms with Gasteiger partial charge in [0.15, 0.2) is 0 Å². The maximum Gasteiger partial charge on any atom is 0.0547 e. The summed E-state index contributed by atoms with van der Waals surface area (Å²) < 4.78 is 0. The van der Waals surface area contributed by atoms with Crippen molar-refractivity contribution >= 4 is 0 Å². The number of aryl methyl sites for hydroxylation is 1. The van der Waals surface area contributed by atoms with Crippen LogP contribution in [-0.2, 0) is 6.54 Å². The van der Waals surface area contributed by atoms with Gasteiger partial charge < -0.3 is 5.32 Å². The number of nitrogens with zero attached hydrogens (tertiary/aromatic N) is 2. The summed E-state index contributed by atoms with van der Waals surface area (Å²) in [6, 6.07) is 6.99. The van der Waals surface area contributed by atoms with E-state index in [1.54, 1.807) is 0 Å². The summed E-state index contributed by atoms with van der Waals surface area (Å²) in [5.74, 6) is 0. The van der Waals surface area contributed by atoms with Crippen molar-refractivity contribution in [1.29, 1.82) is 0 Å². The van der Waals surface area contributed by atoms with E-state index < -0.39 is 0 Å². The van der Waals surface area contributed by atoms with E-state index in [2.05, 4.69) is 47.2 Å². The van der Waals surface area contributed by atoms with Crippen LogP contribution in [0.4, 0.5) is 0 Å². The lowest BCUT2D eigenvalue weighted by atomic mass is 10.0. The molecule has 2 heterocycles. The second-order valence-corrected chi connectivity index (χ2v) is 5.65. The first kappa shape index (κ1) is 14.5. The Labute approximate surface area is 117 Å². The second-order valence-electron chi connectivity index (χ2n) is 5.65. The fourth-order valence-electron chi connectivity index (χ4n) is 2.86. The highest BCUT2D eigenvalue weighted by Gasteiger charge is 2.16. The van der Waals surface area contributed by atoms with Crippen LogP contribution < -0.4 is 5.32 Å². The molecule has 3 heteroatoms. The summed E-state index contributed by atoms with van der Waals surface area (Å²) in [6.45, 7) is 8.81. The van der Waals surface area contributed by atoms with Crippen LogP contribution in [0.5, 0.6) is 0 Å². The molecule has 0 amide bonds. The molecule has 2 rings (SSSR count). The normalized spacial score (nSPS) is 19.8. The summed E-state index contributed by atoms with van der Waals surface area (Å²) in [6.07, 6.45) is 5.24. The molecule has 0 saturated carbocycles. The van der Waals surface area contributed by atoms with Gasteiger partial charge in [0.1, 0.15) is 0 Å². The second kappa shape index (κ2) is 7.61. The molecule has 0 radical (unpaired) electrons. The third kappa shape index (κ3) is 4.92. The Balaban J connectivity index is 1.91. The quantitative estimate of drug-likeness (QED) is 0.853. The summed E-state index contributed by atoms with van der Waals surface area (Å²) in [7, 11) is 0. The molecule has 0 aromatic carbocycles. The first-order valence-corrected chi connectivity index (χ1v) is 7.66. The summed E-state index contributed by atoms with van der Waals surface area (Å²) in [5, 5.41) is 3.64. The number of nitrogens with one attached hydrogen (secondary N) is 1. The zero-order valence-corrected chi connectivity index (χ0v) is 12.4. The molecular weight excluding hydrogens is 234 g/mol. The van der Waals surface area contributed by atoms with Gasteiger partial charge in [0, 0.05) is 24.8 Å². The highest BCUT2D eigenvalue weighted by Crippen LogP contribution is 2.11. The minimum absolute atomic E-state index is 0.671. The molecule has 0 bridgehead atoms. The standard InChI is InChI=1S/C16H27N3/c1-3-11-19(12-15-8-4-5-10-17-15)13-16-9-6-7-14(2)18-16/h6-7,9,15,17H,3-5,8,10-13H2,1-2H3. The fraction of sp³-hybridized carbons (Fsp3) is 0.688. The van der Waals surface area contributed by atoms with E-state index in [-0.39, 0.29) is 0 Å². The van der Waals surface area contributed by atoms with Crippen LogP contribution in [0.2, 0.25) is 0 Å². The molecule has 1 aliphatic rings. The largest absolute Gasteiger partial charge is 0.313 e. The molecule has 0 spiro atoms. The minimum atomic E-state index is 0.671. The highest BCUT2D eigenvalue weighted by molar-refractivity contribution is 5.09. The lowest BCUT2D eigenvalue weighted by Gasteiger charge is -2.30. The zero-order valence-electron chi connectivity index (χ0n) is 12.4. The van der Waals surface area contributed by atoms with E-state index in [0.717, 1.165) is 25.3 Å². The third-order valence-electron chi connectivity index (χ3n) is 3.76. The Kier molecular flexibility index (Phi) is 5.80. The van der Waals surface area contributed by atoms with Crippen LogP contribution in [0.3, 0.4) is 0 Å². The predicted octanol–water partition coefficient (Wildman–Crippen LogP) is 2.74. The van der Waals surface area contributed by atoms with Gasteiger partial charge in [-0.05, 0) is 51.4 Å². The maximum absolute atomic E-state index is 4.63. The average molecular weight is 261 g/mol. The van der Waals surface area contributed by atoms with E-state index in [1.165, 1.54) is 37.9 Å². The number of hydrogen-bond acceptors (Lipinski definition) is 3. The Morgan fingerprint density at radius 3 is 2.95 bits per heavy atom. The fourth-order valence-corrected chi connectivity index (χ4v) is 2.86. The molecule has 106 valence electrons. The topological polar surface area (TPSA) is 28.2 Å². The molecule has 1 aliphatic heterocycles. The number of aromatic nitrogens is 1. The van der Waals surface area contributed by atoms with Crippen molar-refractivity contribution in [2.45, 2.75) is 52.1 Å². The molecule has 0 aliphatic carbocycles. The molecule has 1 fully saturated rings. The van der Waals surface area contributed by atoms with Gasteiger partial charge in [-0.1, -0.05) is 19.4 Å². The van der Waals surface area contributed by atoms with Crippen molar-refractivity contribution in [3.63, 3.8) is 0 Å². The first-order chi connectivity index (χ1) is 9.28. The lowest BCUT2D eigenvalue weighted by molar-refractivity contribution is 0.215. The van der Waals surface area contributed by atoms with Crippen LogP contribution in [-0.4, -0.2) is 35.6 Å². The van der Waals surface area contributed by atoms with Crippen LogP contribution in [0.1, 0.15) is 44.0 Å². The van der Waals surface area contributed by atoms with Crippen molar-refractivity contribution in [2.24, 2.45) is 0 Å². The monoisotopic (exact) mass is 261 g/mol. The first-order valence-electron chi connectivity index (χ1n) is 7.66. The average Bonchev–Trinajstić information content (AvgIpc) is 2.40. The summed E-state index contributed by atoms with van der Waals surface area (Å²) in [5.41, 5.74) is 2.31. The van der Waals surface area contributed by atoms with E-state index >= 15 is 0 Å². The molecule has 19 heavy (non-hydrogen) atoms. The highest BCUT2D eigenvalue weighted by atomic mass is 15.2. The van der Waals surface area contributed by atoms with Gasteiger partial charge in [0.25, 0.3) is 0 Å². The summed E-state index contributed by atoms with van der Waals surface area (Å²) in [4.78, 5) is 7.17. The zero-order chi connectivity index (χ0) is 13.5. The van der Waals surface area contributed by atoms with Gasteiger partial charge in [-0.25, -0.2) is 0 Å². The third-order valence-corrected chi connectivity index (χ3v) is 3.76.